The van der Waals surface area contributed by atoms with E-state index in [0.29, 0.717) is 10.9 Å². The molecule has 1 aromatic heterocycles. The van der Waals surface area contributed by atoms with Gasteiger partial charge in [0.05, 0.1) is 4.47 Å². The van der Waals surface area contributed by atoms with Crippen LogP contribution in [0.2, 0.25) is 0 Å². The summed E-state index contributed by atoms with van der Waals surface area (Å²) in [4.78, 5) is 8.85. The zero-order valence-electron chi connectivity index (χ0n) is 9.63. The Hall–Kier alpha value is -1.09. The van der Waals surface area contributed by atoms with Gasteiger partial charge in [-0.25, -0.2) is 10.8 Å². The molecule has 1 aromatic rings. The summed E-state index contributed by atoms with van der Waals surface area (Å²) in [6.07, 6.45) is -2.37. The monoisotopic (exact) mass is 327 g/mol. The average Bonchev–Trinajstić information content (AvgIpc) is 2.27. The maximum absolute atomic E-state index is 12.5. The first-order valence-electron chi connectivity index (χ1n) is 5.18. The highest BCUT2D eigenvalue weighted by Gasteiger charge is 2.31. The van der Waals surface area contributed by atoms with E-state index in [9.17, 15) is 13.2 Å². The van der Waals surface area contributed by atoms with E-state index in [0.717, 1.165) is 4.90 Å². The van der Waals surface area contributed by atoms with Crippen LogP contribution in [0.1, 0.15) is 13.3 Å². The predicted molar refractivity (Wildman–Crippen MR) is 66.1 cm³/mol. The van der Waals surface area contributed by atoms with Crippen LogP contribution in [-0.4, -0.2) is 29.2 Å². The van der Waals surface area contributed by atoms with Crippen molar-refractivity contribution in [2.45, 2.75) is 19.5 Å². The Labute approximate surface area is 111 Å². The molecule has 0 saturated heterocycles. The number of halogens is 4. The molecule has 102 valence electrons. The van der Waals surface area contributed by atoms with Crippen molar-refractivity contribution < 1.29 is 13.2 Å². The SMILES string of the molecule is CCCN(CC(F)(F)F)c1nc(NN)ncc1Br. The molecule has 0 aromatic carbocycles. The van der Waals surface area contributed by atoms with Gasteiger partial charge in [0, 0.05) is 12.7 Å². The third-order valence-corrected chi connectivity index (χ3v) is 2.58. The van der Waals surface area contributed by atoms with Crippen molar-refractivity contribution in [1.29, 1.82) is 0 Å². The number of hydrogen-bond acceptors (Lipinski definition) is 5. The minimum absolute atomic E-state index is 0.0662. The third-order valence-electron chi connectivity index (χ3n) is 2.02. The molecule has 0 unspecified atom stereocenters. The lowest BCUT2D eigenvalue weighted by molar-refractivity contribution is -0.119. The zero-order chi connectivity index (χ0) is 13.8. The molecule has 0 aliphatic heterocycles. The van der Waals surface area contributed by atoms with Crippen molar-refractivity contribution in [3.8, 4) is 0 Å². The van der Waals surface area contributed by atoms with E-state index < -0.39 is 12.7 Å². The maximum atomic E-state index is 12.5. The second-order valence-corrected chi connectivity index (χ2v) is 4.40. The number of nitrogens with one attached hydrogen (secondary N) is 1. The zero-order valence-corrected chi connectivity index (χ0v) is 11.2. The highest BCUT2D eigenvalue weighted by molar-refractivity contribution is 9.10. The van der Waals surface area contributed by atoms with Crippen molar-refractivity contribution >= 4 is 27.7 Å². The molecule has 0 aliphatic rings. The molecule has 0 radical (unpaired) electrons. The Morgan fingerprint density at radius 3 is 2.67 bits per heavy atom. The van der Waals surface area contributed by atoms with Gasteiger partial charge in [-0.1, -0.05) is 6.92 Å². The van der Waals surface area contributed by atoms with Crippen LogP contribution in [0.5, 0.6) is 0 Å². The van der Waals surface area contributed by atoms with E-state index >= 15 is 0 Å². The maximum Gasteiger partial charge on any atom is 0.405 e. The Morgan fingerprint density at radius 1 is 1.50 bits per heavy atom. The summed E-state index contributed by atoms with van der Waals surface area (Å²) in [5, 5.41) is 0. The molecule has 0 bridgehead atoms. The summed E-state index contributed by atoms with van der Waals surface area (Å²) < 4.78 is 37.9. The molecule has 1 heterocycles. The van der Waals surface area contributed by atoms with Crippen molar-refractivity contribution in [3.05, 3.63) is 10.7 Å². The lowest BCUT2D eigenvalue weighted by Crippen LogP contribution is -2.36. The van der Waals surface area contributed by atoms with E-state index in [1.54, 1.807) is 6.92 Å². The number of anilines is 2. The molecule has 1 rings (SSSR count). The van der Waals surface area contributed by atoms with Gasteiger partial charge in [-0.05, 0) is 22.4 Å². The van der Waals surface area contributed by atoms with Crippen molar-refractivity contribution in [1.82, 2.24) is 9.97 Å². The third kappa shape index (κ3) is 4.30. The van der Waals surface area contributed by atoms with Crippen molar-refractivity contribution in [2.75, 3.05) is 23.4 Å². The van der Waals surface area contributed by atoms with Crippen LogP contribution in [0.4, 0.5) is 24.9 Å². The number of hydrazine groups is 1. The summed E-state index contributed by atoms with van der Waals surface area (Å²) in [7, 11) is 0. The Balaban J connectivity index is 3.04. The van der Waals surface area contributed by atoms with Gasteiger partial charge < -0.3 is 4.90 Å². The first kappa shape index (κ1) is 15.0. The highest BCUT2D eigenvalue weighted by Crippen LogP contribution is 2.27. The topological polar surface area (TPSA) is 67.1 Å². The van der Waals surface area contributed by atoms with Crippen LogP contribution in [0, 0.1) is 0 Å². The summed E-state index contributed by atoms with van der Waals surface area (Å²) >= 11 is 3.14. The molecular weight excluding hydrogens is 315 g/mol. The molecule has 0 atom stereocenters. The second kappa shape index (κ2) is 6.19. The summed E-state index contributed by atoms with van der Waals surface area (Å²) in [6.45, 7) is 0.958. The van der Waals surface area contributed by atoms with Gasteiger partial charge in [-0.15, -0.1) is 0 Å². The normalized spacial score (nSPS) is 11.4. The molecule has 0 spiro atoms. The molecular formula is C9H13BrF3N5. The Morgan fingerprint density at radius 2 is 2.17 bits per heavy atom. The van der Waals surface area contributed by atoms with E-state index in [4.69, 9.17) is 5.84 Å². The predicted octanol–water partition coefficient (Wildman–Crippen LogP) is 2.30. The molecule has 0 aliphatic carbocycles. The second-order valence-electron chi connectivity index (χ2n) is 3.55. The Kier molecular flexibility index (Phi) is 5.15. The fraction of sp³-hybridized carbons (Fsp3) is 0.556. The quantitative estimate of drug-likeness (QED) is 0.641. The van der Waals surface area contributed by atoms with E-state index in [-0.39, 0.29) is 18.3 Å². The number of rotatable bonds is 5. The number of aromatic nitrogens is 2. The largest absolute Gasteiger partial charge is 0.405 e. The Bertz CT molecular complexity index is 398. The van der Waals surface area contributed by atoms with Gasteiger partial charge in [0.25, 0.3) is 0 Å². The smallest absolute Gasteiger partial charge is 0.346 e. The van der Waals surface area contributed by atoms with Crippen LogP contribution < -0.4 is 16.2 Å². The van der Waals surface area contributed by atoms with Crippen LogP contribution in [0.15, 0.2) is 10.7 Å². The minimum atomic E-state index is -4.30. The van der Waals surface area contributed by atoms with Crippen LogP contribution in [0.3, 0.4) is 0 Å². The van der Waals surface area contributed by atoms with Crippen molar-refractivity contribution in [2.24, 2.45) is 5.84 Å². The van der Waals surface area contributed by atoms with Gasteiger partial charge >= 0.3 is 6.18 Å². The van der Waals surface area contributed by atoms with Crippen molar-refractivity contribution in [3.63, 3.8) is 0 Å². The van der Waals surface area contributed by atoms with Gasteiger partial charge in [-0.2, -0.15) is 18.2 Å². The first-order valence-corrected chi connectivity index (χ1v) is 5.97. The van der Waals surface area contributed by atoms with E-state index in [1.807, 2.05) is 0 Å². The molecule has 18 heavy (non-hydrogen) atoms. The average molecular weight is 328 g/mol. The number of alkyl halides is 3. The fourth-order valence-electron chi connectivity index (χ4n) is 1.40. The van der Waals surface area contributed by atoms with Gasteiger partial charge in [-0.3, -0.25) is 5.43 Å². The van der Waals surface area contributed by atoms with E-state index in [2.05, 4.69) is 31.3 Å². The number of hydrogen-bond donors (Lipinski definition) is 2. The molecule has 9 heteroatoms. The lowest BCUT2D eigenvalue weighted by Gasteiger charge is -2.25. The molecule has 3 N–H and O–H groups in total. The summed E-state index contributed by atoms with van der Waals surface area (Å²) in [5.41, 5.74) is 2.20. The van der Waals surface area contributed by atoms with Gasteiger partial charge in [0.15, 0.2) is 0 Å². The minimum Gasteiger partial charge on any atom is -0.346 e. The van der Waals surface area contributed by atoms with Crippen LogP contribution in [-0.2, 0) is 0 Å². The number of nitrogens with zero attached hydrogens (tertiary/aromatic N) is 3. The molecule has 5 nitrogen and oxygen atoms in total. The highest BCUT2D eigenvalue weighted by atomic mass is 79.9. The molecule has 0 saturated carbocycles. The van der Waals surface area contributed by atoms with Crippen LogP contribution in [0.25, 0.3) is 0 Å². The number of nitrogens with two attached hydrogens (primary N) is 1. The van der Waals surface area contributed by atoms with Gasteiger partial charge in [0.1, 0.15) is 12.4 Å². The molecule has 0 fully saturated rings. The van der Waals surface area contributed by atoms with E-state index in [1.165, 1.54) is 6.20 Å². The molecule has 0 amide bonds. The first-order chi connectivity index (χ1) is 8.37. The fourth-order valence-corrected chi connectivity index (χ4v) is 1.84. The van der Waals surface area contributed by atoms with Gasteiger partial charge in [0.2, 0.25) is 5.95 Å². The number of nitrogen functional groups attached to an aromatic ring is 1. The standard InChI is InChI=1S/C9H13BrF3N5/c1-2-3-18(5-9(11,12)13)7-6(10)4-15-8(16-7)17-14/h4H,2-3,5,14H2,1H3,(H,15,16,17). The summed E-state index contributed by atoms with van der Waals surface area (Å²) in [5.74, 6) is 5.37. The lowest BCUT2D eigenvalue weighted by atomic mass is 10.3. The van der Waals surface area contributed by atoms with Crippen LogP contribution >= 0.6 is 15.9 Å². The summed E-state index contributed by atoms with van der Waals surface area (Å²) in [6, 6.07) is 0.